The van der Waals surface area contributed by atoms with Crippen molar-refractivity contribution < 1.29 is 29.3 Å². The maximum Gasteiger partial charge on any atom is 0.306 e. The van der Waals surface area contributed by atoms with Crippen molar-refractivity contribution in [1.29, 1.82) is 0 Å². The third-order valence-corrected chi connectivity index (χ3v) is 4.72. The summed E-state index contributed by atoms with van der Waals surface area (Å²) in [6.07, 6.45) is 8.58. The van der Waals surface area contributed by atoms with Crippen LogP contribution < -0.4 is 4.74 Å². The van der Waals surface area contributed by atoms with Crippen LogP contribution in [0.4, 0.5) is 0 Å². The molecule has 1 fully saturated rings. The van der Waals surface area contributed by atoms with E-state index in [2.05, 4.69) is 0 Å². The van der Waals surface area contributed by atoms with Gasteiger partial charge in [0.2, 0.25) is 5.91 Å². The molecule has 1 heterocycles. The second kappa shape index (κ2) is 11.9. The molecule has 158 valence electrons. The number of nitrogens with zero attached hydrogens (tertiary/aromatic N) is 1. The molecule has 1 aliphatic rings. The van der Waals surface area contributed by atoms with Gasteiger partial charge in [0.1, 0.15) is 5.75 Å². The Morgan fingerprint density at radius 2 is 2.17 bits per heavy atom. The first-order chi connectivity index (χ1) is 14.0. The number of likely N-dealkylation sites (tertiary alicyclic amines) is 1. The van der Waals surface area contributed by atoms with E-state index in [1.807, 2.05) is 30.3 Å². The van der Waals surface area contributed by atoms with Crippen molar-refractivity contribution in [3.63, 3.8) is 0 Å². The predicted octanol–water partition coefficient (Wildman–Crippen LogP) is 2.54. The van der Waals surface area contributed by atoms with E-state index in [0.29, 0.717) is 19.4 Å². The molecule has 0 saturated carbocycles. The Hall–Kier alpha value is -2.80. The van der Waals surface area contributed by atoms with Crippen LogP contribution in [-0.2, 0) is 20.7 Å². The zero-order valence-corrected chi connectivity index (χ0v) is 16.7. The van der Waals surface area contributed by atoms with Crippen molar-refractivity contribution in [3.05, 3.63) is 54.3 Å². The number of carbonyl (C=O) groups is 2. The van der Waals surface area contributed by atoms with Crippen molar-refractivity contribution in [1.82, 2.24) is 4.90 Å². The number of para-hydroxylation sites is 1. The summed E-state index contributed by atoms with van der Waals surface area (Å²) in [6, 6.07) is 7.47. The molecule has 0 aromatic heterocycles. The van der Waals surface area contributed by atoms with E-state index in [4.69, 9.17) is 14.6 Å². The highest BCUT2D eigenvalue weighted by Crippen LogP contribution is 2.21. The SMILES string of the molecule is COc1ccccc1CC(O)C=C[C@H]1CCCC(=O)N1CC=COCCC(=O)O. The lowest BCUT2D eigenvalue weighted by atomic mass is 9.99. The zero-order valence-electron chi connectivity index (χ0n) is 16.7. The molecule has 0 aliphatic carbocycles. The number of piperidine rings is 1. The summed E-state index contributed by atoms with van der Waals surface area (Å²) in [4.78, 5) is 24.5. The quantitative estimate of drug-likeness (QED) is 0.335. The van der Waals surface area contributed by atoms with E-state index < -0.39 is 12.1 Å². The Morgan fingerprint density at radius 1 is 1.38 bits per heavy atom. The number of aliphatic hydroxyl groups is 1. The van der Waals surface area contributed by atoms with Crippen molar-refractivity contribution >= 4 is 11.9 Å². The molecule has 0 radical (unpaired) electrons. The lowest BCUT2D eigenvalue weighted by Crippen LogP contribution is -2.42. The van der Waals surface area contributed by atoms with E-state index >= 15 is 0 Å². The smallest absolute Gasteiger partial charge is 0.306 e. The Kier molecular flexibility index (Phi) is 9.24. The molecule has 1 aromatic rings. The van der Waals surface area contributed by atoms with Crippen LogP contribution in [0, 0.1) is 0 Å². The highest BCUT2D eigenvalue weighted by Gasteiger charge is 2.25. The minimum atomic E-state index is -0.915. The monoisotopic (exact) mass is 403 g/mol. The maximum absolute atomic E-state index is 12.3. The van der Waals surface area contributed by atoms with Gasteiger partial charge >= 0.3 is 5.97 Å². The summed E-state index contributed by atoms with van der Waals surface area (Å²) in [7, 11) is 1.60. The Balaban J connectivity index is 1.90. The molecule has 1 amide bonds. The van der Waals surface area contributed by atoms with Crippen molar-refractivity contribution in [2.24, 2.45) is 0 Å². The number of aliphatic carboxylic acids is 1. The number of carboxylic acid groups (broad SMARTS) is 1. The molecule has 1 aliphatic heterocycles. The van der Waals surface area contributed by atoms with Crippen LogP contribution in [0.15, 0.2) is 48.8 Å². The van der Waals surface area contributed by atoms with Crippen LogP contribution in [0.2, 0.25) is 0 Å². The van der Waals surface area contributed by atoms with Crippen LogP contribution in [-0.4, -0.2) is 59.4 Å². The van der Waals surface area contributed by atoms with Crippen LogP contribution >= 0.6 is 0 Å². The maximum atomic E-state index is 12.3. The normalized spacial score (nSPS) is 18.3. The summed E-state index contributed by atoms with van der Waals surface area (Å²) < 4.78 is 10.4. The molecule has 29 heavy (non-hydrogen) atoms. The van der Waals surface area contributed by atoms with Gasteiger partial charge < -0.3 is 24.6 Å². The number of aliphatic hydroxyl groups excluding tert-OH is 1. The molecular weight excluding hydrogens is 374 g/mol. The molecule has 2 rings (SSSR count). The van der Waals surface area contributed by atoms with Crippen LogP contribution in [0.1, 0.15) is 31.2 Å². The van der Waals surface area contributed by atoms with Gasteiger partial charge in [-0.15, -0.1) is 0 Å². The lowest BCUT2D eigenvalue weighted by molar-refractivity contribution is -0.137. The van der Waals surface area contributed by atoms with Gasteiger partial charge in [0.05, 0.1) is 38.5 Å². The standard InChI is InChI=1S/C22H29NO6/c1-28-20-8-3-2-6-17(20)16-19(24)11-10-18-7-4-9-21(25)23(18)13-5-14-29-15-12-22(26)27/h2-3,5-6,8,10-11,14,18-19,24H,4,7,9,12-13,15-16H2,1H3,(H,26,27)/t18-,19?/m1/s1. The summed E-state index contributed by atoms with van der Waals surface area (Å²) in [5.41, 5.74) is 0.921. The fourth-order valence-corrected chi connectivity index (χ4v) is 3.24. The number of methoxy groups -OCH3 is 1. The molecule has 0 spiro atoms. The zero-order chi connectivity index (χ0) is 21.1. The van der Waals surface area contributed by atoms with E-state index in [9.17, 15) is 14.7 Å². The van der Waals surface area contributed by atoms with Gasteiger partial charge in [-0.25, -0.2) is 0 Å². The molecular formula is C22H29NO6. The second-order valence-electron chi connectivity index (χ2n) is 6.86. The molecule has 0 bridgehead atoms. The summed E-state index contributed by atoms with van der Waals surface area (Å²) in [6.45, 7) is 0.474. The Bertz CT molecular complexity index is 730. The Morgan fingerprint density at radius 3 is 2.93 bits per heavy atom. The second-order valence-corrected chi connectivity index (χ2v) is 6.86. The highest BCUT2D eigenvalue weighted by molar-refractivity contribution is 5.77. The summed E-state index contributed by atoms with van der Waals surface area (Å²) in [5.74, 6) is -0.121. The van der Waals surface area contributed by atoms with Crippen LogP contribution in [0.25, 0.3) is 0 Å². The van der Waals surface area contributed by atoms with Gasteiger partial charge in [-0.3, -0.25) is 9.59 Å². The molecule has 7 nitrogen and oxygen atoms in total. The number of ether oxygens (including phenoxy) is 2. The number of carbonyl (C=O) groups excluding carboxylic acids is 1. The fourth-order valence-electron chi connectivity index (χ4n) is 3.24. The molecule has 1 unspecified atom stereocenters. The molecule has 1 aromatic carbocycles. The highest BCUT2D eigenvalue weighted by atomic mass is 16.5. The van der Waals surface area contributed by atoms with E-state index in [1.165, 1.54) is 6.26 Å². The molecule has 7 heteroatoms. The first-order valence-electron chi connectivity index (χ1n) is 9.77. The predicted molar refractivity (Wildman–Crippen MR) is 109 cm³/mol. The van der Waals surface area contributed by atoms with Crippen LogP contribution in [0.5, 0.6) is 5.75 Å². The van der Waals surface area contributed by atoms with E-state index in [-0.39, 0.29) is 25.0 Å². The topological polar surface area (TPSA) is 96.3 Å². The van der Waals surface area contributed by atoms with Gasteiger partial charge in [0.15, 0.2) is 0 Å². The third kappa shape index (κ3) is 7.62. The van der Waals surface area contributed by atoms with Crippen molar-refractivity contribution in [2.45, 2.75) is 44.2 Å². The fraction of sp³-hybridized carbons (Fsp3) is 0.455. The van der Waals surface area contributed by atoms with Gasteiger partial charge in [0, 0.05) is 19.4 Å². The number of carboxylic acids is 1. The van der Waals surface area contributed by atoms with Gasteiger partial charge in [-0.1, -0.05) is 30.4 Å². The first kappa shape index (κ1) is 22.5. The first-order valence-corrected chi connectivity index (χ1v) is 9.77. The summed E-state index contributed by atoms with van der Waals surface area (Å²) in [5, 5.41) is 19.0. The average molecular weight is 403 g/mol. The molecule has 2 N–H and O–H groups in total. The largest absolute Gasteiger partial charge is 0.501 e. The molecule has 1 saturated heterocycles. The van der Waals surface area contributed by atoms with Crippen molar-refractivity contribution in [2.75, 3.05) is 20.3 Å². The van der Waals surface area contributed by atoms with Crippen LogP contribution in [0.3, 0.4) is 0 Å². The number of amides is 1. The number of hydrogen-bond donors (Lipinski definition) is 2. The number of hydrogen-bond acceptors (Lipinski definition) is 5. The average Bonchev–Trinajstić information content (AvgIpc) is 2.70. The minimum Gasteiger partial charge on any atom is -0.501 e. The minimum absolute atomic E-state index is 0.0558. The van der Waals surface area contributed by atoms with Gasteiger partial charge in [-0.2, -0.15) is 0 Å². The van der Waals surface area contributed by atoms with E-state index in [1.54, 1.807) is 24.2 Å². The molecule has 2 atom stereocenters. The van der Waals surface area contributed by atoms with Crippen molar-refractivity contribution in [3.8, 4) is 5.75 Å². The van der Waals surface area contributed by atoms with Gasteiger partial charge in [0.25, 0.3) is 0 Å². The lowest BCUT2D eigenvalue weighted by Gasteiger charge is -2.33. The van der Waals surface area contributed by atoms with E-state index in [0.717, 1.165) is 24.2 Å². The third-order valence-electron chi connectivity index (χ3n) is 4.72. The summed E-state index contributed by atoms with van der Waals surface area (Å²) >= 11 is 0. The number of rotatable bonds is 11. The number of benzene rings is 1. The van der Waals surface area contributed by atoms with Gasteiger partial charge in [-0.05, 0) is 30.5 Å². The Labute approximate surface area is 171 Å².